The number of alkyl halides is 3. The summed E-state index contributed by atoms with van der Waals surface area (Å²) >= 11 is 0. The van der Waals surface area contributed by atoms with Crippen LogP contribution in [0.2, 0.25) is 0 Å². The fourth-order valence-electron chi connectivity index (χ4n) is 3.32. The quantitative estimate of drug-likeness (QED) is 0.679. The summed E-state index contributed by atoms with van der Waals surface area (Å²) in [5, 5.41) is 10.4. The molecule has 0 aliphatic heterocycles. The van der Waals surface area contributed by atoms with E-state index >= 15 is 0 Å². The van der Waals surface area contributed by atoms with Crippen molar-refractivity contribution in [2.45, 2.75) is 38.2 Å². The largest absolute Gasteiger partial charge is 0.425 e. The molecule has 0 spiro atoms. The van der Waals surface area contributed by atoms with Crippen molar-refractivity contribution in [1.82, 2.24) is 24.0 Å². The Bertz CT molecular complexity index is 1030. The number of benzene rings is 1. The van der Waals surface area contributed by atoms with Crippen LogP contribution in [-0.4, -0.2) is 48.2 Å². The highest BCUT2D eigenvalue weighted by molar-refractivity contribution is 5.78. The average molecular weight is 409 g/mol. The number of hydrogen-bond acceptors (Lipinski definition) is 4. The van der Waals surface area contributed by atoms with Gasteiger partial charge in [0.05, 0.1) is 24.0 Å². The van der Waals surface area contributed by atoms with Crippen LogP contribution in [0.25, 0.3) is 11.0 Å². The normalized spacial score (nSPS) is 14.2. The van der Waals surface area contributed by atoms with Gasteiger partial charge in [0.2, 0.25) is 11.5 Å². The van der Waals surface area contributed by atoms with E-state index in [9.17, 15) is 23.1 Å². The second-order valence-electron chi connectivity index (χ2n) is 6.91. The van der Waals surface area contributed by atoms with Crippen molar-refractivity contribution >= 4 is 16.9 Å². The van der Waals surface area contributed by atoms with Crippen molar-refractivity contribution in [2.75, 3.05) is 7.05 Å². The number of amides is 1. The lowest BCUT2D eigenvalue weighted by atomic mass is 9.97. The number of para-hydroxylation sites is 2. The van der Waals surface area contributed by atoms with Crippen LogP contribution in [0, 0.1) is 0 Å². The maximum atomic E-state index is 13.7. The Morgan fingerprint density at radius 2 is 1.97 bits per heavy atom. The number of hydrogen-bond donors (Lipinski definition) is 1. The van der Waals surface area contributed by atoms with Gasteiger partial charge < -0.3 is 19.1 Å². The van der Waals surface area contributed by atoms with E-state index in [0.717, 1.165) is 26.7 Å². The topological polar surface area (TPSA) is 76.2 Å². The number of fused-ring (bicyclic) bond motifs is 1. The van der Waals surface area contributed by atoms with Crippen LogP contribution >= 0.6 is 0 Å². The van der Waals surface area contributed by atoms with Gasteiger partial charge in [0.15, 0.2) is 5.82 Å². The molecule has 7 nitrogen and oxygen atoms in total. The van der Waals surface area contributed by atoms with Crippen LogP contribution < -0.4 is 0 Å². The Labute approximate surface area is 165 Å². The van der Waals surface area contributed by atoms with Gasteiger partial charge in [-0.2, -0.15) is 13.2 Å². The summed E-state index contributed by atoms with van der Waals surface area (Å²) in [7, 11) is 2.72. The number of carbonyl (C=O) groups excluding carboxylic acids is 1. The number of aryl methyl sites for hydroxylation is 2. The number of aliphatic hydroxyl groups is 1. The molecule has 1 aromatic carbocycles. The first-order chi connectivity index (χ1) is 13.6. The van der Waals surface area contributed by atoms with Crippen molar-refractivity contribution < 1.29 is 23.1 Å². The molecule has 0 aliphatic rings. The number of carbonyl (C=O) groups is 1. The Kier molecular flexibility index (Phi) is 5.40. The maximum absolute atomic E-state index is 13.7. The summed E-state index contributed by atoms with van der Waals surface area (Å²) in [6.07, 6.45) is -3.82. The molecule has 1 unspecified atom stereocenters. The van der Waals surface area contributed by atoms with Crippen LogP contribution in [0.15, 0.2) is 36.7 Å². The standard InChI is InChI=1S/C19H22F3N5O2/c1-4-27-14-8-6-5-7-13(14)24-15(27)12-26(3)16(28)11-18(29,19(20,21)22)17-23-9-10-25(17)2/h5-10,29H,4,11-12H2,1-3H3. The third-order valence-corrected chi connectivity index (χ3v) is 4.92. The smallest absolute Gasteiger partial charge is 0.374 e. The molecule has 1 atom stereocenters. The first-order valence-corrected chi connectivity index (χ1v) is 9.03. The molecule has 2 aromatic heterocycles. The molecule has 2 heterocycles. The van der Waals surface area contributed by atoms with E-state index in [2.05, 4.69) is 9.97 Å². The molecule has 0 saturated heterocycles. The average Bonchev–Trinajstić information content (AvgIpc) is 3.23. The minimum absolute atomic E-state index is 0.00978. The Morgan fingerprint density at radius 3 is 2.55 bits per heavy atom. The van der Waals surface area contributed by atoms with E-state index in [1.54, 1.807) is 0 Å². The molecule has 29 heavy (non-hydrogen) atoms. The van der Waals surface area contributed by atoms with Crippen molar-refractivity contribution in [3.8, 4) is 0 Å². The molecule has 0 radical (unpaired) electrons. The molecular weight excluding hydrogens is 387 g/mol. The van der Waals surface area contributed by atoms with Crippen LogP contribution in [0.3, 0.4) is 0 Å². The third-order valence-electron chi connectivity index (χ3n) is 4.92. The Hall–Kier alpha value is -2.88. The minimum Gasteiger partial charge on any atom is -0.374 e. The van der Waals surface area contributed by atoms with Crippen LogP contribution in [-0.2, 0) is 30.5 Å². The molecule has 0 bridgehead atoms. The Morgan fingerprint density at radius 1 is 1.28 bits per heavy atom. The summed E-state index contributed by atoms with van der Waals surface area (Å²) in [6, 6.07) is 7.42. The van der Waals surface area contributed by atoms with E-state index in [1.807, 2.05) is 35.8 Å². The summed E-state index contributed by atoms with van der Waals surface area (Å²) in [4.78, 5) is 21.9. The van der Waals surface area contributed by atoms with Gasteiger partial charge in [0, 0.05) is 33.0 Å². The van der Waals surface area contributed by atoms with Gasteiger partial charge in [-0.05, 0) is 19.1 Å². The van der Waals surface area contributed by atoms with Gasteiger partial charge in [-0.15, -0.1) is 0 Å². The van der Waals surface area contributed by atoms with Crippen LogP contribution in [0.4, 0.5) is 13.2 Å². The molecule has 10 heteroatoms. The molecule has 1 N–H and O–H groups in total. The summed E-state index contributed by atoms with van der Waals surface area (Å²) in [6.45, 7) is 2.52. The summed E-state index contributed by atoms with van der Waals surface area (Å²) < 4.78 is 43.9. The molecular formula is C19H22F3N5O2. The van der Waals surface area contributed by atoms with E-state index < -0.39 is 29.9 Å². The lowest BCUT2D eigenvalue weighted by Crippen LogP contribution is -2.48. The first kappa shape index (κ1) is 20.8. The molecule has 3 rings (SSSR count). The number of nitrogens with zero attached hydrogens (tertiary/aromatic N) is 5. The fourth-order valence-corrected chi connectivity index (χ4v) is 3.32. The zero-order valence-electron chi connectivity index (χ0n) is 16.3. The Balaban J connectivity index is 1.86. The zero-order chi connectivity index (χ0) is 21.4. The van der Waals surface area contributed by atoms with Crippen molar-refractivity contribution in [3.05, 3.63) is 48.3 Å². The van der Waals surface area contributed by atoms with Gasteiger partial charge >= 0.3 is 6.18 Å². The summed E-state index contributed by atoms with van der Waals surface area (Å²) in [5.41, 5.74) is -1.77. The van der Waals surface area contributed by atoms with E-state index in [-0.39, 0.29) is 6.54 Å². The van der Waals surface area contributed by atoms with Gasteiger partial charge in [-0.25, -0.2) is 9.97 Å². The highest BCUT2D eigenvalue weighted by Crippen LogP contribution is 2.41. The van der Waals surface area contributed by atoms with Gasteiger partial charge in [0.25, 0.3) is 0 Å². The minimum atomic E-state index is -5.07. The van der Waals surface area contributed by atoms with Gasteiger partial charge in [-0.1, -0.05) is 12.1 Å². The van der Waals surface area contributed by atoms with E-state index in [4.69, 9.17) is 0 Å². The fraction of sp³-hybridized carbons (Fsp3) is 0.421. The molecule has 0 aliphatic carbocycles. The SMILES string of the molecule is CCn1c(CN(C)C(=O)CC(O)(c2nccn2C)C(F)(F)F)nc2ccccc21. The first-order valence-electron chi connectivity index (χ1n) is 9.03. The second kappa shape index (κ2) is 7.51. The van der Waals surface area contributed by atoms with Crippen molar-refractivity contribution in [2.24, 2.45) is 7.05 Å². The second-order valence-corrected chi connectivity index (χ2v) is 6.91. The highest BCUT2D eigenvalue weighted by Gasteiger charge is 2.58. The predicted molar refractivity (Wildman–Crippen MR) is 99.7 cm³/mol. The number of rotatable bonds is 6. The molecule has 0 fully saturated rings. The van der Waals surface area contributed by atoms with E-state index in [0.29, 0.717) is 12.4 Å². The maximum Gasteiger partial charge on any atom is 0.425 e. The third kappa shape index (κ3) is 3.71. The number of halogens is 3. The lowest BCUT2D eigenvalue weighted by Gasteiger charge is -2.31. The zero-order valence-corrected chi connectivity index (χ0v) is 16.3. The van der Waals surface area contributed by atoms with Crippen molar-refractivity contribution in [1.29, 1.82) is 0 Å². The van der Waals surface area contributed by atoms with Crippen molar-refractivity contribution in [3.63, 3.8) is 0 Å². The van der Waals surface area contributed by atoms with Gasteiger partial charge in [0.1, 0.15) is 5.82 Å². The lowest BCUT2D eigenvalue weighted by molar-refractivity contribution is -0.271. The number of imidazole rings is 2. The van der Waals surface area contributed by atoms with Crippen LogP contribution in [0.5, 0.6) is 0 Å². The molecule has 1 amide bonds. The monoisotopic (exact) mass is 409 g/mol. The molecule has 0 saturated carbocycles. The highest BCUT2D eigenvalue weighted by atomic mass is 19.4. The molecule has 156 valence electrons. The van der Waals surface area contributed by atoms with Gasteiger partial charge in [-0.3, -0.25) is 4.79 Å². The van der Waals surface area contributed by atoms with Crippen LogP contribution in [0.1, 0.15) is 25.0 Å². The molecule has 3 aromatic rings. The predicted octanol–water partition coefficient (Wildman–Crippen LogP) is 2.59. The summed E-state index contributed by atoms with van der Waals surface area (Å²) in [5.74, 6) is -0.952. The number of aromatic nitrogens is 4. The van der Waals surface area contributed by atoms with E-state index in [1.165, 1.54) is 20.3 Å².